The molecule has 1 saturated carbocycles. The van der Waals surface area contributed by atoms with Crippen LogP contribution < -0.4 is 0 Å². The van der Waals surface area contributed by atoms with Crippen molar-refractivity contribution in [1.82, 2.24) is 0 Å². The molecule has 2 rings (SSSR count). The standard InChI is InChI=1S/C15H20F2O/c1-9-6-7-11(8-10(9)2)15(18)12-4-3-5-13(16)14(12)17/h3-5,9-11,15,18H,6-8H2,1-2H3. The van der Waals surface area contributed by atoms with Gasteiger partial charge < -0.3 is 5.11 Å². The SMILES string of the molecule is CC1CCC(C(O)c2cccc(F)c2F)CC1C. The van der Waals surface area contributed by atoms with Gasteiger partial charge in [-0.1, -0.05) is 32.4 Å². The maximum absolute atomic E-state index is 13.6. The van der Waals surface area contributed by atoms with Gasteiger partial charge in [-0.2, -0.15) is 0 Å². The Kier molecular flexibility index (Phi) is 4.00. The second-order valence-corrected chi connectivity index (χ2v) is 5.62. The van der Waals surface area contributed by atoms with Gasteiger partial charge in [0.15, 0.2) is 11.6 Å². The van der Waals surface area contributed by atoms with Crippen LogP contribution in [0.1, 0.15) is 44.8 Å². The van der Waals surface area contributed by atoms with Gasteiger partial charge >= 0.3 is 0 Å². The van der Waals surface area contributed by atoms with Gasteiger partial charge in [0.25, 0.3) is 0 Å². The molecule has 4 unspecified atom stereocenters. The third kappa shape index (κ3) is 2.56. The van der Waals surface area contributed by atoms with Crippen molar-refractivity contribution >= 4 is 0 Å². The number of benzene rings is 1. The van der Waals surface area contributed by atoms with Crippen LogP contribution in [-0.2, 0) is 0 Å². The predicted octanol–water partition coefficient (Wildman–Crippen LogP) is 4.07. The van der Waals surface area contributed by atoms with Crippen LogP contribution in [0.15, 0.2) is 18.2 Å². The zero-order chi connectivity index (χ0) is 13.3. The fraction of sp³-hybridized carbons (Fsp3) is 0.600. The lowest BCUT2D eigenvalue weighted by Gasteiger charge is -2.34. The first-order valence-electron chi connectivity index (χ1n) is 6.62. The van der Waals surface area contributed by atoms with Crippen LogP contribution >= 0.6 is 0 Å². The molecular formula is C15H20F2O. The van der Waals surface area contributed by atoms with E-state index in [4.69, 9.17) is 0 Å². The van der Waals surface area contributed by atoms with Gasteiger partial charge in [0.05, 0.1) is 6.10 Å². The Hall–Kier alpha value is -0.960. The molecule has 1 nitrogen and oxygen atoms in total. The molecule has 0 saturated heterocycles. The maximum Gasteiger partial charge on any atom is 0.164 e. The minimum atomic E-state index is -0.906. The van der Waals surface area contributed by atoms with Gasteiger partial charge in [0, 0.05) is 5.56 Å². The molecule has 3 heteroatoms. The molecule has 0 bridgehead atoms. The number of hydrogen-bond acceptors (Lipinski definition) is 1. The summed E-state index contributed by atoms with van der Waals surface area (Å²) in [5.74, 6) is -0.589. The predicted molar refractivity (Wildman–Crippen MR) is 67.0 cm³/mol. The van der Waals surface area contributed by atoms with E-state index in [9.17, 15) is 13.9 Å². The Balaban J connectivity index is 2.16. The highest BCUT2D eigenvalue weighted by Gasteiger charge is 2.31. The number of aliphatic hydroxyl groups is 1. The summed E-state index contributed by atoms with van der Waals surface area (Å²) in [6, 6.07) is 4.01. The molecule has 4 atom stereocenters. The molecule has 0 aromatic heterocycles. The van der Waals surface area contributed by atoms with E-state index in [2.05, 4.69) is 13.8 Å². The van der Waals surface area contributed by atoms with E-state index in [1.54, 1.807) is 0 Å². The Labute approximate surface area is 107 Å². The van der Waals surface area contributed by atoms with Crippen LogP contribution in [0.3, 0.4) is 0 Å². The van der Waals surface area contributed by atoms with Gasteiger partial charge in [0.1, 0.15) is 0 Å². The molecule has 0 radical (unpaired) electrons. The first kappa shape index (κ1) is 13.5. The van der Waals surface area contributed by atoms with Crippen LogP contribution in [0.5, 0.6) is 0 Å². The topological polar surface area (TPSA) is 20.2 Å². The highest BCUT2D eigenvalue weighted by molar-refractivity contribution is 5.22. The first-order chi connectivity index (χ1) is 8.50. The zero-order valence-electron chi connectivity index (χ0n) is 10.9. The van der Waals surface area contributed by atoms with Crippen molar-refractivity contribution in [1.29, 1.82) is 0 Å². The Bertz CT molecular complexity index is 419. The molecule has 1 aliphatic rings. The second kappa shape index (κ2) is 5.35. The van der Waals surface area contributed by atoms with Crippen molar-refractivity contribution in [2.24, 2.45) is 17.8 Å². The van der Waals surface area contributed by atoms with E-state index < -0.39 is 17.7 Å². The van der Waals surface area contributed by atoms with Crippen molar-refractivity contribution in [3.63, 3.8) is 0 Å². The number of hydrogen-bond donors (Lipinski definition) is 1. The monoisotopic (exact) mass is 254 g/mol. The highest BCUT2D eigenvalue weighted by Crippen LogP contribution is 2.40. The summed E-state index contributed by atoms with van der Waals surface area (Å²) in [5, 5.41) is 10.2. The molecule has 1 N–H and O–H groups in total. The summed E-state index contributed by atoms with van der Waals surface area (Å²) >= 11 is 0. The van der Waals surface area contributed by atoms with Crippen molar-refractivity contribution < 1.29 is 13.9 Å². The van der Waals surface area contributed by atoms with Crippen LogP contribution in [-0.4, -0.2) is 5.11 Å². The average molecular weight is 254 g/mol. The van der Waals surface area contributed by atoms with Crippen molar-refractivity contribution in [2.75, 3.05) is 0 Å². The van der Waals surface area contributed by atoms with E-state index in [0.717, 1.165) is 25.3 Å². The summed E-state index contributed by atoms with van der Waals surface area (Å²) in [6.45, 7) is 4.36. The van der Waals surface area contributed by atoms with Gasteiger partial charge in [-0.25, -0.2) is 8.78 Å². The van der Waals surface area contributed by atoms with E-state index in [1.165, 1.54) is 12.1 Å². The quantitative estimate of drug-likeness (QED) is 0.843. The van der Waals surface area contributed by atoms with Crippen LogP contribution in [0, 0.1) is 29.4 Å². The lowest BCUT2D eigenvalue weighted by Crippen LogP contribution is -2.25. The number of rotatable bonds is 2. The normalized spacial score (nSPS) is 30.2. The fourth-order valence-corrected chi connectivity index (χ4v) is 2.88. The lowest BCUT2D eigenvalue weighted by atomic mass is 9.73. The lowest BCUT2D eigenvalue weighted by molar-refractivity contribution is 0.0531. The highest BCUT2D eigenvalue weighted by atomic mass is 19.2. The molecule has 0 aliphatic heterocycles. The van der Waals surface area contributed by atoms with Crippen molar-refractivity contribution in [2.45, 2.75) is 39.2 Å². The van der Waals surface area contributed by atoms with Crippen molar-refractivity contribution in [3.05, 3.63) is 35.4 Å². The van der Waals surface area contributed by atoms with Gasteiger partial charge in [-0.3, -0.25) is 0 Å². The zero-order valence-corrected chi connectivity index (χ0v) is 10.9. The van der Waals surface area contributed by atoms with Crippen LogP contribution in [0.4, 0.5) is 8.78 Å². The maximum atomic E-state index is 13.6. The molecule has 100 valence electrons. The number of aliphatic hydroxyl groups excluding tert-OH is 1. The summed E-state index contributed by atoms with van der Waals surface area (Å²) in [4.78, 5) is 0. The van der Waals surface area contributed by atoms with E-state index in [-0.39, 0.29) is 11.5 Å². The fourth-order valence-electron chi connectivity index (χ4n) is 2.88. The van der Waals surface area contributed by atoms with Crippen LogP contribution in [0.2, 0.25) is 0 Å². The Morgan fingerprint density at radius 2 is 1.89 bits per heavy atom. The molecule has 1 aromatic rings. The summed E-state index contributed by atoms with van der Waals surface area (Å²) in [7, 11) is 0. The van der Waals surface area contributed by atoms with Crippen LogP contribution in [0.25, 0.3) is 0 Å². The summed E-state index contributed by atoms with van der Waals surface area (Å²) < 4.78 is 26.8. The van der Waals surface area contributed by atoms with Crippen molar-refractivity contribution in [3.8, 4) is 0 Å². The third-order valence-electron chi connectivity index (χ3n) is 4.39. The van der Waals surface area contributed by atoms with E-state index >= 15 is 0 Å². The molecule has 1 aliphatic carbocycles. The molecule has 0 heterocycles. The average Bonchev–Trinajstić information content (AvgIpc) is 2.35. The summed E-state index contributed by atoms with van der Waals surface area (Å²) in [6.07, 6.45) is 1.90. The summed E-state index contributed by atoms with van der Waals surface area (Å²) in [5.41, 5.74) is 0.0988. The first-order valence-corrected chi connectivity index (χ1v) is 6.62. The molecule has 0 amide bonds. The van der Waals surface area contributed by atoms with Gasteiger partial charge in [0.2, 0.25) is 0 Å². The molecular weight excluding hydrogens is 234 g/mol. The minimum Gasteiger partial charge on any atom is -0.388 e. The largest absolute Gasteiger partial charge is 0.388 e. The molecule has 1 fully saturated rings. The smallest absolute Gasteiger partial charge is 0.164 e. The minimum absolute atomic E-state index is 0.0347. The molecule has 18 heavy (non-hydrogen) atoms. The van der Waals surface area contributed by atoms with Gasteiger partial charge in [-0.15, -0.1) is 0 Å². The molecule has 0 spiro atoms. The second-order valence-electron chi connectivity index (χ2n) is 5.62. The number of halogens is 2. The van der Waals surface area contributed by atoms with E-state index in [0.29, 0.717) is 11.8 Å². The third-order valence-corrected chi connectivity index (χ3v) is 4.39. The van der Waals surface area contributed by atoms with Gasteiger partial charge in [-0.05, 0) is 36.7 Å². The Morgan fingerprint density at radius 3 is 2.56 bits per heavy atom. The van der Waals surface area contributed by atoms with E-state index in [1.807, 2.05) is 0 Å². The Morgan fingerprint density at radius 1 is 1.17 bits per heavy atom. The molecule has 1 aromatic carbocycles.